The van der Waals surface area contributed by atoms with Gasteiger partial charge in [0.25, 0.3) is 0 Å². The van der Waals surface area contributed by atoms with Crippen LogP contribution in [0.15, 0.2) is 0 Å². The van der Waals surface area contributed by atoms with Crippen LogP contribution in [-0.4, -0.2) is 33.5 Å². The highest BCUT2D eigenvalue weighted by Gasteiger charge is 2.22. The fourth-order valence-electron chi connectivity index (χ4n) is 0.803. The zero-order valence-electron chi connectivity index (χ0n) is 6.61. The summed E-state index contributed by atoms with van der Waals surface area (Å²) in [5.74, 6) is -1.13. The minimum absolute atomic E-state index is 0.193. The van der Waals surface area contributed by atoms with Gasteiger partial charge in [0.15, 0.2) is 0 Å². The number of carboxylic acids is 1. The van der Waals surface area contributed by atoms with E-state index in [1.165, 1.54) is 0 Å². The standard InChI is InChI=1S/C6H13ClN2O3/c7-9(12)5(6(10)11)3-1-2-4-8/h5,12H,1-4,8H2,(H,10,11). The first-order valence-corrected chi connectivity index (χ1v) is 4.00. The molecule has 0 spiro atoms. The molecule has 0 bridgehead atoms. The van der Waals surface area contributed by atoms with Crippen molar-refractivity contribution in [1.29, 1.82) is 0 Å². The van der Waals surface area contributed by atoms with E-state index < -0.39 is 12.0 Å². The molecule has 0 aliphatic heterocycles. The number of carbonyl (C=O) groups is 1. The second kappa shape index (κ2) is 6.19. The van der Waals surface area contributed by atoms with E-state index in [4.69, 9.17) is 27.8 Å². The third-order valence-corrected chi connectivity index (χ3v) is 1.71. The summed E-state index contributed by atoms with van der Waals surface area (Å²) in [7, 11) is 0. The molecule has 12 heavy (non-hydrogen) atoms. The van der Waals surface area contributed by atoms with Crippen LogP contribution in [0.5, 0.6) is 0 Å². The number of halogens is 1. The van der Waals surface area contributed by atoms with Crippen LogP contribution >= 0.6 is 11.8 Å². The first-order chi connectivity index (χ1) is 5.59. The Balaban J connectivity index is 3.72. The van der Waals surface area contributed by atoms with E-state index in [2.05, 4.69) is 0 Å². The van der Waals surface area contributed by atoms with Gasteiger partial charge in [-0.15, -0.1) is 0 Å². The lowest BCUT2D eigenvalue weighted by Gasteiger charge is -2.14. The molecular formula is C6H13ClN2O3. The number of nitrogens with two attached hydrogens (primary N) is 1. The Morgan fingerprint density at radius 1 is 1.58 bits per heavy atom. The van der Waals surface area contributed by atoms with Gasteiger partial charge in [0.2, 0.25) is 0 Å². The highest BCUT2D eigenvalue weighted by molar-refractivity contribution is 6.13. The predicted molar refractivity (Wildman–Crippen MR) is 43.8 cm³/mol. The van der Waals surface area contributed by atoms with Gasteiger partial charge in [0.1, 0.15) is 6.04 Å². The molecule has 0 aliphatic carbocycles. The van der Waals surface area contributed by atoms with Crippen molar-refractivity contribution < 1.29 is 15.1 Å². The van der Waals surface area contributed by atoms with E-state index in [0.717, 1.165) is 6.42 Å². The maximum atomic E-state index is 10.4. The molecule has 0 saturated carbocycles. The molecule has 0 aliphatic rings. The lowest BCUT2D eigenvalue weighted by Crippen LogP contribution is -2.32. The Kier molecular flexibility index (Phi) is 6.00. The first-order valence-electron chi connectivity index (χ1n) is 3.66. The van der Waals surface area contributed by atoms with E-state index in [1.807, 2.05) is 0 Å². The number of rotatable bonds is 6. The van der Waals surface area contributed by atoms with Gasteiger partial charge in [-0.05, 0) is 25.8 Å². The number of unbranched alkanes of at least 4 members (excludes halogenated alkanes) is 1. The van der Waals surface area contributed by atoms with Gasteiger partial charge in [0, 0.05) is 11.8 Å². The number of hydrogen-bond donors (Lipinski definition) is 3. The van der Waals surface area contributed by atoms with Gasteiger partial charge in [-0.25, -0.2) is 0 Å². The van der Waals surface area contributed by atoms with Crippen molar-refractivity contribution in [3.05, 3.63) is 0 Å². The van der Waals surface area contributed by atoms with Gasteiger partial charge in [-0.1, -0.05) is 4.58 Å². The maximum Gasteiger partial charge on any atom is 0.324 e. The molecule has 1 unspecified atom stereocenters. The quantitative estimate of drug-likeness (QED) is 0.326. The fraction of sp³-hybridized carbons (Fsp3) is 0.833. The van der Waals surface area contributed by atoms with Crippen molar-refractivity contribution in [1.82, 2.24) is 4.58 Å². The molecule has 6 heteroatoms. The molecule has 5 nitrogen and oxygen atoms in total. The Bertz CT molecular complexity index is 143. The van der Waals surface area contributed by atoms with E-state index in [1.54, 1.807) is 0 Å². The van der Waals surface area contributed by atoms with Crippen LogP contribution in [0, 0.1) is 0 Å². The topological polar surface area (TPSA) is 86.8 Å². The molecule has 72 valence electrons. The van der Waals surface area contributed by atoms with Crippen molar-refractivity contribution in [2.45, 2.75) is 25.3 Å². The predicted octanol–water partition coefficient (Wildman–Crippen LogP) is 0.414. The number of hydrogen-bond acceptors (Lipinski definition) is 4. The summed E-state index contributed by atoms with van der Waals surface area (Å²) in [5.41, 5.74) is 5.21. The minimum Gasteiger partial charge on any atom is -0.480 e. The zero-order valence-corrected chi connectivity index (χ0v) is 7.37. The SMILES string of the molecule is NCCCCC(C(=O)O)N(O)Cl. The number of nitrogens with zero attached hydrogens (tertiary/aromatic N) is 1. The first kappa shape index (κ1) is 11.6. The zero-order chi connectivity index (χ0) is 9.56. The van der Waals surface area contributed by atoms with Gasteiger partial charge in [0.05, 0.1) is 0 Å². The largest absolute Gasteiger partial charge is 0.480 e. The molecule has 0 fully saturated rings. The summed E-state index contributed by atoms with van der Waals surface area (Å²) in [6.45, 7) is 0.514. The van der Waals surface area contributed by atoms with Crippen molar-refractivity contribution in [3.63, 3.8) is 0 Å². The Labute approximate surface area is 75.8 Å². The summed E-state index contributed by atoms with van der Waals surface area (Å²) in [5, 5.41) is 17.2. The van der Waals surface area contributed by atoms with Crippen LogP contribution in [0.3, 0.4) is 0 Å². The Hall–Kier alpha value is -0.360. The van der Waals surface area contributed by atoms with Gasteiger partial charge in [-0.3, -0.25) is 10.0 Å². The van der Waals surface area contributed by atoms with E-state index in [9.17, 15) is 4.79 Å². The second-order valence-electron chi connectivity index (χ2n) is 2.43. The second-order valence-corrected chi connectivity index (χ2v) is 2.77. The molecular weight excluding hydrogens is 184 g/mol. The van der Waals surface area contributed by atoms with Gasteiger partial charge in [-0.2, -0.15) is 0 Å². The normalized spacial score (nSPS) is 13.3. The summed E-state index contributed by atoms with van der Waals surface area (Å²) in [4.78, 5) is 10.4. The lowest BCUT2D eigenvalue weighted by molar-refractivity contribution is -0.151. The molecule has 0 amide bonds. The minimum atomic E-state index is -1.13. The Morgan fingerprint density at radius 2 is 2.17 bits per heavy atom. The average molecular weight is 197 g/mol. The van der Waals surface area contributed by atoms with Crippen molar-refractivity contribution >= 4 is 17.7 Å². The lowest BCUT2D eigenvalue weighted by atomic mass is 10.1. The van der Waals surface area contributed by atoms with E-state index >= 15 is 0 Å². The summed E-state index contributed by atoms with van der Waals surface area (Å²) < 4.78 is 0.193. The molecule has 0 aromatic heterocycles. The average Bonchev–Trinajstić information content (AvgIpc) is 1.96. The number of hydroxylamine groups is 1. The fourth-order valence-corrected chi connectivity index (χ4v) is 0.984. The molecule has 0 saturated heterocycles. The van der Waals surface area contributed by atoms with E-state index in [0.29, 0.717) is 19.4 Å². The Morgan fingerprint density at radius 3 is 2.50 bits per heavy atom. The van der Waals surface area contributed by atoms with Crippen LogP contribution in [0.1, 0.15) is 19.3 Å². The molecule has 1 atom stereocenters. The van der Waals surface area contributed by atoms with Crippen molar-refractivity contribution in [2.75, 3.05) is 6.54 Å². The molecule has 4 N–H and O–H groups in total. The van der Waals surface area contributed by atoms with Crippen LogP contribution in [-0.2, 0) is 4.79 Å². The monoisotopic (exact) mass is 196 g/mol. The van der Waals surface area contributed by atoms with E-state index in [-0.39, 0.29) is 4.58 Å². The van der Waals surface area contributed by atoms with Crippen LogP contribution in [0.2, 0.25) is 0 Å². The number of carboxylic acid groups (broad SMARTS) is 1. The van der Waals surface area contributed by atoms with Crippen LogP contribution < -0.4 is 5.73 Å². The summed E-state index contributed by atoms with van der Waals surface area (Å²) in [6.07, 6.45) is 1.66. The molecule has 0 aromatic rings. The maximum absolute atomic E-state index is 10.4. The third kappa shape index (κ3) is 4.50. The number of aliphatic carboxylic acids is 1. The molecule has 0 heterocycles. The highest BCUT2D eigenvalue weighted by atomic mass is 35.5. The highest BCUT2D eigenvalue weighted by Crippen LogP contribution is 2.08. The summed E-state index contributed by atoms with van der Waals surface area (Å²) in [6, 6.07) is -1.04. The molecule has 0 radical (unpaired) electrons. The van der Waals surface area contributed by atoms with Crippen LogP contribution in [0.25, 0.3) is 0 Å². The van der Waals surface area contributed by atoms with Gasteiger partial charge < -0.3 is 10.8 Å². The smallest absolute Gasteiger partial charge is 0.324 e. The molecule has 0 rings (SSSR count). The van der Waals surface area contributed by atoms with Gasteiger partial charge >= 0.3 is 5.97 Å². The molecule has 0 aromatic carbocycles. The van der Waals surface area contributed by atoms with Crippen molar-refractivity contribution in [2.24, 2.45) is 5.73 Å². The summed E-state index contributed by atoms with van der Waals surface area (Å²) >= 11 is 5.09. The van der Waals surface area contributed by atoms with Crippen molar-refractivity contribution in [3.8, 4) is 0 Å². The third-order valence-electron chi connectivity index (χ3n) is 1.47. The van der Waals surface area contributed by atoms with Crippen LogP contribution in [0.4, 0.5) is 0 Å².